The number of rotatable bonds is 9. The second-order valence-corrected chi connectivity index (χ2v) is 11.8. The predicted octanol–water partition coefficient (Wildman–Crippen LogP) is 5.22. The van der Waals surface area contributed by atoms with Gasteiger partial charge in [0, 0.05) is 32.4 Å². The second-order valence-electron chi connectivity index (χ2n) is 10.3. The standard InChI is InChI=1S/C30H37N3O4S/c1-3-36-38(34,35)29-12-7-23(2)20-28(29)37-27-11-10-25-9-8-24(21-26(25)22-27)13-15-32-16-18-33(19-17-32)30-6-4-5-14-31-30/h4-7,10-12,14,20,22,24H,3,8-9,13,15-19,21H2,1-2H3. The van der Waals surface area contributed by atoms with E-state index >= 15 is 0 Å². The highest BCUT2D eigenvalue weighted by molar-refractivity contribution is 7.86. The Kier molecular flexibility index (Phi) is 8.31. The molecule has 0 N–H and O–H groups in total. The van der Waals surface area contributed by atoms with Gasteiger partial charge in [-0.3, -0.25) is 9.08 Å². The lowest BCUT2D eigenvalue weighted by Crippen LogP contribution is -2.47. The summed E-state index contributed by atoms with van der Waals surface area (Å²) in [5.41, 5.74) is 3.60. The summed E-state index contributed by atoms with van der Waals surface area (Å²) in [6, 6.07) is 17.3. The zero-order chi connectivity index (χ0) is 26.5. The SMILES string of the molecule is CCOS(=O)(=O)c1ccc(C)cc1Oc1ccc2c(c1)CC(CCN1CCN(c3ccccn3)CC1)CC2. The molecule has 7 nitrogen and oxygen atoms in total. The summed E-state index contributed by atoms with van der Waals surface area (Å²) in [4.78, 5) is 9.50. The Morgan fingerprint density at radius 3 is 2.61 bits per heavy atom. The Balaban J connectivity index is 1.19. The van der Waals surface area contributed by atoms with Gasteiger partial charge in [0.1, 0.15) is 22.2 Å². The van der Waals surface area contributed by atoms with E-state index in [9.17, 15) is 8.42 Å². The van der Waals surface area contributed by atoms with E-state index in [2.05, 4.69) is 39.0 Å². The van der Waals surface area contributed by atoms with Crippen LogP contribution >= 0.6 is 0 Å². The summed E-state index contributed by atoms with van der Waals surface area (Å²) in [7, 11) is -3.88. The molecule has 1 unspecified atom stereocenters. The molecule has 2 aromatic carbocycles. The van der Waals surface area contributed by atoms with Crippen molar-refractivity contribution in [2.75, 3.05) is 44.2 Å². The fourth-order valence-electron chi connectivity index (χ4n) is 5.47. The van der Waals surface area contributed by atoms with Crippen LogP contribution < -0.4 is 9.64 Å². The van der Waals surface area contributed by atoms with Crippen molar-refractivity contribution in [3.8, 4) is 11.5 Å². The molecule has 0 radical (unpaired) electrons. The van der Waals surface area contributed by atoms with E-state index in [1.54, 1.807) is 25.1 Å². The minimum absolute atomic E-state index is 0.0590. The van der Waals surface area contributed by atoms with Gasteiger partial charge in [0.25, 0.3) is 0 Å². The highest BCUT2D eigenvalue weighted by Crippen LogP contribution is 2.35. The van der Waals surface area contributed by atoms with Gasteiger partial charge in [-0.2, -0.15) is 8.42 Å². The molecule has 0 amide bonds. The molecule has 3 aromatic rings. The maximum absolute atomic E-state index is 12.6. The first kappa shape index (κ1) is 26.7. The fraction of sp³-hybridized carbons (Fsp3) is 0.433. The molecule has 1 aromatic heterocycles. The number of ether oxygens (including phenoxy) is 1. The van der Waals surface area contributed by atoms with Gasteiger partial charge >= 0.3 is 10.1 Å². The lowest BCUT2D eigenvalue weighted by Gasteiger charge is -2.36. The molecule has 1 fully saturated rings. The Bertz CT molecular complexity index is 1340. The van der Waals surface area contributed by atoms with Gasteiger partial charge in [-0.1, -0.05) is 18.2 Å². The Labute approximate surface area is 226 Å². The number of hydrogen-bond acceptors (Lipinski definition) is 7. The lowest BCUT2D eigenvalue weighted by molar-refractivity contribution is 0.232. The Morgan fingerprint density at radius 1 is 1.00 bits per heavy atom. The van der Waals surface area contributed by atoms with Crippen LogP contribution in [0, 0.1) is 12.8 Å². The van der Waals surface area contributed by atoms with E-state index in [0.717, 1.165) is 56.9 Å². The van der Waals surface area contributed by atoms with E-state index in [1.165, 1.54) is 24.0 Å². The number of benzene rings is 2. The van der Waals surface area contributed by atoms with Crippen LogP contribution in [0.1, 0.15) is 36.5 Å². The topological polar surface area (TPSA) is 72.0 Å². The first-order valence-corrected chi connectivity index (χ1v) is 15.0. The van der Waals surface area contributed by atoms with Crippen LogP contribution in [0.4, 0.5) is 5.82 Å². The molecule has 1 aliphatic heterocycles. The largest absolute Gasteiger partial charge is 0.456 e. The van der Waals surface area contributed by atoms with E-state index in [-0.39, 0.29) is 11.5 Å². The van der Waals surface area contributed by atoms with Crippen molar-refractivity contribution in [3.63, 3.8) is 0 Å². The van der Waals surface area contributed by atoms with Gasteiger partial charge in [-0.15, -0.1) is 0 Å². The molecular weight excluding hydrogens is 498 g/mol. The molecule has 2 aliphatic rings. The molecule has 5 rings (SSSR count). The van der Waals surface area contributed by atoms with Gasteiger partial charge in [-0.25, -0.2) is 4.98 Å². The van der Waals surface area contributed by atoms with Crippen LogP contribution in [0.2, 0.25) is 0 Å². The Hall–Kier alpha value is -2.94. The molecule has 0 saturated carbocycles. The van der Waals surface area contributed by atoms with Crippen molar-refractivity contribution in [1.29, 1.82) is 0 Å². The molecule has 0 bridgehead atoms. The highest BCUT2D eigenvalue weighted by Gasteiger charge is 2.24. The molecule has 0 spiro atoms. The molecule has 38 heavy (non-hydrogen) atoms. The molecule has 1 saturated heterocycles. The lowest BCUT2D eigenvalue weighted by atomic mass is 9.82. The number of nitrogens with zero attached hydrogens (tertiary/aromatic N) is 3. The number of aryl methyl sites for hydroxylation is 2. The second kappa shape index (κ2) is 11.8. The van der Waals surface area contributed by atoms with Gasteiger partial charge < -0.3 is 9.64 Å². The average molecular weight is 536 g/mol. The van der Waals surface area contributed by atoms with Crippen LogP contribution in [0.5, 0.6) is 11.5 Å². The zero-order valence-electron chi connectivity index (χ0n) is 22.3. The van der Waals surface area contributed by atoms with Gasteiger partial charge in [0.05, 0.1) is 6.61 Å². The van der Waals surface area contributed by atoms with Crippen molar-refractivity contribution in [2.24, 2.45) is 5.92 Å². The van der Waals surface area contributed by atoms with E-state index in [4.69, 9.17) is 8.92 Å². The number of hydrogen-bond donors (Lipinski definition) is 0. The molecule has 2 heterocycles. The molecule has 8 heteroatoms. The maximum Gasteiger partial charge on any atom is 0.300 e. The predicted molar refractivity (Wildman–Crippen MR) is 150 cm³/mol. The fourth-order valence-corrected chi connectivity index (χ4v) is 6.49. The smallest absolute Gasteiger partial charge is 0.300 e. The molecule has 1 aliphatic carbocycles. The van der Waals surface area contributed by atoms with Gasteiger partial charge in [-0.05, 0) is 105 Å². The summed E-state index contributed by atoms with van der Waals surface area (Å²) in [6.45, 7) is 8.96. The van der Waals surface area contributed by atoms with Gasteiger partial charge in [0.2, 0.25) is 0 Å². The van der Waals surface area contributed by atoms with Crippen molar-refractivity contribution in [3.05, 3.63) is 77.5 Å². The maximum atomic E-state index is 12.6. The Morgan fingerprint density at radius 2 is 1.84 bits per heavy atom. The normalized spacial score (nSPS) is 18.3. The van der Waals surface area contributed by atoms with E-state index < -0.39 is 10.1 Å². The number of fused-ring (bicyclic) bond motifs is 1. The average Bonchev–Trinajstić information content (AvgIpc) is 2.92. The third-order valence-corrected chi connectivity index (χ3v) is 9.00. The summed E-state index contributed by atoms with van der Waals surface area (Å²) >= 11 is 0. The summed E-state index contributed by atoms with van der Waals surface area (Å²) in [5, 5.41) is 0. The highest BCUT2D eigenvalue weighted by atomic mass is 32.2. The molecular formula is C30H37N3O4S. The quantitative estimate of drug-likeness (QED) is 0.348. The summed E-state index contributed by atoms with van der Waals surface area (Å²) in [6.07, 6.45) is 6.35. The van der Waals surface area contributed by atoms with Crippen molar-refractivity contribution in [1.82, 2.24) is 9.88 Å². The minimum Gasteiger partial charge on any atom is -0.456 e. The zero-order valence-corrected chi connectivity index (χ0v) is 23.1. The monoisotopic (exact) mass is 535 g/mol. The van der Waals surface area contributed by atoms with Crippen LogP contribution in [0.3, 0.4) is 0 Å². The number of piperazine rings is 1. The van der Waals surface area contributed by atoms with Crippen molar-refractivity contribution < 1.29 is 17.3 Å². The molecule has 1 atom stereocenters. The third-order valence-electron chi connectivity index (χ3n) is 7.58. The number of aromatic nitrogens is 1. The van der Waals surface area contributed by atoms with E-state index in [1.807, 2.05) is 25.3 Å². The number of anilines is 1. The summed E-state index contributed by atoms with van der Waals surface area (Å²) in [5.74, 6) is 2.67. The van der Waals surface area contributed by atoms with Crippen LogP contribution in [0.25, 0.3) is 0 Å². The number of pyridine rings is 1. The first-order valence-electron chi connectivity index (χ1n) is 13.6. The van der Waals surface area contributed by atoms with E-state index in [0.29, 0.717) is 17.4 Å². The van der Waals surface area contributed by atoms with Crippen molar-refractivity contribution in [2.45, 2.75) is 44.4 Å². The summed E-state index contributed by atoms with van der Waals surface area (Å²) < 4.78 is 36.4. The van der Waals surface area contributed by atoms with Crippen LogP contribution in [-0.4, -0.2) is 57.6 Å². The third kappa shape index (κ3) is 6.37. The minimum atomic E-state index is -3.88. The van der Waals surface area contributed by atoms with Gasteiger partial charge in [0.15, 0.2) is 0 Å². The molecule has 202 valence electrons. The van der Waals surface area contributed by atoms with Crippen LogP contribution in [0.15, 0.2) is 65.7 Å². The van der Waals surface area contributed by atoms with Crippen LogP contribution in [-0.2, 0) is 27.1 Å². The van der Waals surface area contributed by atoms with Crippen molar-refractivity contribution >= 4 is 15.9 Å². The first-order chi connectivity index (χ1) is 18.4.